The van der Waals surface area contributed by atoms with Crippen molar-refractivity contribution in [2.45, 2.75) is 13.8 Å². The van der Waals surface area contributed by atoms with Crippen LogP contribution in [0.4, 0.5) is 0 Å². The van der Waals surface area contributed by atoms with E-state index >= 15 is 0 Å². The second kappa shape index (κ2) is 6.09. The second-order valence-corrected chi connectivity index (χ2v) is 0.925. The Bertz CT molecular complexity index is 53.7. The average Bonchev–Trinajstić information content (AvgIpc) is 1.35. The molecule has 0 fully saturated rings. The summed E-state index contributed by atoms with van der Waals surface area (Å²) in [5, 5.41) is 0. The van der Waals surface area contributed by atoms with Gasteiger partial charge in [0.2, 0.25) is 0 Å². The molecule has 0 saturated heterocycles. The third kappa shape index (κ3) is 10.7. The van der Waals surface area contributed by atoms with Crippen LogP contribution in [0.25, 0.3) is 0 Å². The van der Waals surface area contributed by atoms with Gasteiger partial charge in [0.15, 0.2) is 0 Å². The summed E-state index contributed by atoms with van der Waals surface area (Å²) < 4.78 is 4.40. The molecule has 3 heteroatoms. The first-order valence-electron chi connectivity index (χ1n) is 1.90. The van der Waals surface area contributed by atoms with E-state index in [4.69, 9.17) is 0 Å². The summed E-state index contributed by atoms with van der Waals surface area (Å²) in [7, 11) is 0. The van der Waals surface area contributed by atoms with Crippen molar-refractivity contribution in [3.63, 3.8) is 0 Å². The van der Waals surface area contributed by atoms with Crippen LogP contribution < -0.4 is 0 Å². The van der Waals surface area contributed by atoms with Crippen molar-refractivity contribution < 1.29 is 29.0 Å². The maximum atomic E-state index is 9.82. The molecule has 0 radical (unpaired) electrons. The molecule has 0 N–H and O–H groups in total. The second-order valence-electron chi connectivity index (χ2n) is 0.925. The molecule has 44 valence electrons. The van der Waals surface area contributed by atoms with E-state index in [9.17, 15) is 4.79 Å². The molecular weight excluding hydrogens is 181 g/mol. The van der Waals surface area contributed by atoms with Crippen LogP contribution in [0.2, 0.25) is 0 Å². The average molecular weight is 189 g/mol. The van der Waals surface area contributed by atoms with Crippen LogP contribution in [-0.2, 0) is 29.0 Å². The third-order valence-corrected chi connectivity index (χ3v) is 0.348. The van der Waals surface area contributed by atoms with Gasteiger partial charge in [0.25, 0.3) is 0 Å². The van der Waals surface area contributed by atoms with Crippen LogP contribution in [0.15, 0.2) is 0 Å². The summed E-state index contributed by atoms with van der Waals surface area (Å²) in [5.74, 6) is -0.211. The molecule has 0 amide bonds. The zero-order chi connectivity index (χ0) is 4.99. The summed E-state index contributed by atoms with van der Waals surface area (Å²) in [6.07, 6.45) is 0. The predicted octanol–water partition coefficient (Wildman–Crippen LogP) is 0.567. The molecule has 0 spiro atoms. The molecule has 0 aromatic rings. The van der Waals surface area contributed by atoms with Crippen molar-refractivity contribution in [1.82, 2.24) is 0 Å². The van der Waals surface area contributed by atoms with Gasteiger partial charge in [-0.15, -0.1) is 0 Å². The van der Waals surface area contributed by atoms with Crippen LogP contribution >= 0.6 is 0 Å². The molecular formula is C4H8O2Ru. The van der Waals surface area contributed by atoms with E-state index < -0.39 is 0 Å². The first-order valence-corrected chi connectivity index (χ1v) is 1.90. The van der Waals surface area contributed by atoms with E-state index in [0.717, 1.165) is 0 Å². The van der Waals surface area contributed by atoms with Crippen molar-refractivity contribution in [3.05, 3.63) is 0 Å². The summed E-state index contributed by atoms with van der Waals surface area (Å²) in [4.78, 5) is 9.82. The van der Waals surface area contributed by atoms with E-state index in [1.165, 1.54) is 6.92 Å². The number of ether oxygens (including phenoxy) is 1. The largest absolute Gasteiger partial charge is 0.466 e. The molecule has 0 aliphatic carbocycles. The summed E-state index contributed by atoms with van der Waals surface area (Å²) in [6, 6.07) is 0. The zero-order valence-electron chi connectivity index (χ0n) is 4.38. The Balaban J connectivity index is 0. The molecule has 0 bridgehead atoms. The van der Waals surface area contributed by atoms with E-state index in [1.54, 1.807) is 6.92 Å². The molecule has 0 aliphatic rings. The molecule has 0 rings (SSSR count). The standard InChI is InChI=1S/C4H8O2.Ru/c1-3-6-4(2)5;/h3H2,1-2H3;. The van der Waals surface area contributed by atoms with Gasteiger partial charge in [-0.3, -0.25) is 4.79 Å². The number of hydrogen-bond acceptors (Lipinski definition) is 2. The van der Waals surface area contributed by atoms with Gasteiger partial charge in [-0.1, -0.05) is 0 Å². The van der Waals surface area contributed by atoms with Crippen LogP contribution in [-0.4, -0.2) is 12.6 Å². The van der Waals surface area contributed by atoms with Crippen LogP contribution in [0.5, 0.6) is 0 Å². The number of esters is 1. The fourth-order valence-corrected chi connectivity index (χ4v) is 0.203. The van der Waals surface area contributed by atoms with Gasteiger partial charge in [-0.25, -0.2) is 0 Å². The van der Waals surface area contributed by atoms with E-state index in [0.29, 0.717) is 6.61 Å². The number of hydrogen-bond donors (Lipinski definition) is 0. The Labute approximate surface area is 56.0 Å². The van der Waals surface area contributed by atoms with Crippen molar-refractivity contribution in [3.8, 4) is 0 Å². The van der Waals surface area contributed by atoms with Gasteiger partial charge in [0.1, 0.15) is 0 Å². The molecule has 2 nitrogen and oxygen atoms in total. The Hall–Kier alpha value is 0.0934. The Morgan fingerprint density at radius 1 is 1.71 bits per heavy atom. The monoisotopic (exact) mass is 190 g/mol. The fraction of sp³-hybridized carbons (Fsp3) is 0.750. The van der Waals surface area contributed by atoms with E-state index in [1.807, 2.05) is 0 Å². The quantitative estimate of drug-likeness (QED) is 0.445. The Morgan fingerprint density at radius 2 is 2.14 bits per heavy atom. The number of carbonyl (C=O) groups is 1. The smallest absolute Gasteiger partial charge is 0.302 e. The minimum absolute atomic E-state index is 0. The van der Waals surface area contributed by atoms with Gasteiger partial charge in [-0.2, -0.15) is 0 Å². The summed E-state index contributed by atoms with van der Waals surface area (Å²) in [6.45, 7) is 3.65. The minimum atomic E-state index is -0.211. The zero-order valence-corrected chi connectivity index (χ0v) is 6.12. The van der Waals surface area contributed by atoms with Gasteiger partial charge in [-0.05, 0) is 6.92 Å². The molecule has 0 saturated carbocycles. The van der Waals surface area contributed by atoms with Gasteiger partial charge in [0.05, 0.1) is 6.61 Å². The topological polar surface area (TPSA) is 26.3 Å². The Kier molecular flexibility index (Phi) is 8.84. The van der Waals surface area contributed by atoms with Gasteiger partial charge >= 0.3 is 5.97 Å². The number of rotatable bonds is 1. The first-order chi connectivity index (χ1) is 2.77. The molecule has 0 unspecified atom stereocenters. The van der Waals surface area contributed by atoms with Crippen LogP contribution in [0.3, 0.4) is 0 Å². The van der Waals surface area contributed by atoms with Crippen molar-refractivity contribution in [1.29, 1.82) is 0 Å². The maximum Gasteiger partial charge on any atom is 0.302 e. The normalized spacial score (nSPS) is 6.57. The predicted molar refractivity (Wildman–Crippen MR) is 22.3 cm³/mol. The van der Waals surface area contributed by atoms with Gasteiger partial charge < -0.3 is 4.74 Å². The summed E-state index contributed by atoms with van der Waals surface area (Å²) in [5.41, 5.74) is 0. The van der Waals surface area contributed by atoms with Gasteiger partial charge in [0, 0.05) is 26.4 Å². The molecule has 7 heavy (non-hydrogen) atoms. The van der Waals surface area contributed by atoms with Crippen molar-refractivity contribution in [2.75, 3.05) is 6.61 Å². The third-order valence-electron chi connectivity index (χ3n) is 0.348. The van der Waals surface area contributed by atoms with E-state index in [-0.39, 0.29) is 25.4 Å². The molecule has 0 aliphatic heterocycles. The molecule has 0 aromatic heterocycles. The first kappa shape index (κ1) is 10.2. The van der Waals surface area contributed by atoms with Crippen LogP contribution in [0, 0.1) is 0 Å². The van der Waals surface area contributed by atoms with E-state index in [2.05, 4.69) is 4.74 Å². The molecule has 0 aromatic carbocycles. The Morgan fingerprint density at radius 3 is 2.14 bits per heavy atom. The van der Waals surface area contributed by atoms with Crippen LogP contribution in [0.1, 0.15) is 13.8 Å². The number of carbonyl (C=O) groups excluding carboxylic acids is 1. The SMILES string of the molecule is CCOC(C)=O.[Ru]. The molecule has 0 heterocycles. The maximum absolute atomic E-state index is 9.82. The fourth-order valence-electron chi connectivity index (χ4n) is 0.203. The van der Waals surface area contributed by atoms with Crippen molar-refractivity contribution >= 4 is 5.97 Å². The van der Waals surface area contributed by atoms with Crippen molar-refractivity contribution in [2.24, 2.45) is 0 Å². The summed E-state index contributed by atoms with van der Waals surface area (Å²) >= 11 is 0. The minimum Gasteiger partial charge on any atom is -0.466 e. The molecule has 0 atom stereocenters.